The molecule has 0 amide bonds. The molecule has 0 unspecified atom stereocenters. The molecule has 2 aromatic rings. The highest BCUT2D eigenvalue weighted by Gasteiger charge is 2.47. The van der Waals surface area contributed by atoms with Crippen LogP contribution in [0.3, 0.4) is 0 Å². The SMILES string of the molecule is CCOC(=O)[C@H](CN1CCOCC1)NS(=O)(=O)c1ccc(OC(=O)C2(c3ccc([N+](=O)[O-])cc3)CCC2)cc1. The number of nitrogens with zero attached hydrogens (tertiary/aromatic N) is 2. The van der Waals surface area contributed by atoms with Crippen molar-refractivity contribution in [1.29, 1.82) is 0 Å². The maximum atomic E-state index is 13.1. The number of sulfonamides is 1. The van der Waals surface area contributed by atoms with Crippen LogP contribution in [0.4, 0.5) is 5.69 Å². The number of esters is 2. The molecule has 1 saturated carbocycles. The predicted octanol–water partition coefficient (Wildman–Crippen LogP) is 2.16. The number of hydrogen-bond acceptors (Lipinski definition) is 10. The van der Waals surface area contributed by atoms with Crippen molar-refractivity contribution >= 4 is 27.6 Å². The molecular formula is C26H31N3O9S. The van der Waals surface area contributed by atoms with Gasteiger partial charge in [-0.15, -0.1) is 0 Å². The molecule has 1 aliphatic heterocycles. The lowest BCUT2D eigenvalue weighted by atomic mass is 9.64. The molecule has 210 valence electrons. The number of carbonyl (C=O) groups excluding carboxylic acids is 2. The van der Waals surface area contributed by atoms with Crippen LogP contribution in [0.25, 0.3) is 0 Å². The summed E-state index contributed by atoms with van der Waals surface area (Å²) in [4.78, 5) is 37.9. The number of carbonyl (C=O) groups is 2. The highest BCUT2D eigenvalue weighted by Crippen LogP contribution is 2.45. The van der Waals surface area contributed by atoms with Crippen LogP contribution in [-0.4, -0.2) is 75.7 Å². The van der Waals surface area contributed by atoms with Crippen molar-refractivity contribution in [2.24, 2.45) is 0 Å². The van der Waals surface area contributed by atoms with E-state index in [1.165, 1.54) is 36.4 Å². The summed E-state index contributed by atoms with van der Waals surface area (Å²) in [5, 5.41) is 11.0. The number of hydrogen-bond donors (Lipinski definition) is 1. The Kier molecular flexibility index (Phi) is 8.95. The second-order valence-corrected chi connectivity index (χ2v) is 11.2. The van der Waals surface area contributed by atoms with E-state index in [0.29, 0.717) is 44.7 Å². The Balaban J connectivity index is 1.44. The number of benzene rings is 2. The fourth-order valence-electron chi connectivity index (χ4n) is 4.63. The van der Waals surface area contributed by atoms with E-state index in [1.54, 1.807) is 19.1 Å². The molecule has 2 aliphatic rings. The zero-order chi connectivity index (χ0) is 28.0. The lowest BCUT2D eigenvalue weighted by Gasteiger charge is -2.39. The monoisotopic (exact) mass is 561 g/mol. The number of morpholine rings is 1. The largest absolute Gasteiger partial charge is 0.465 e. The molecule has 2 fully saturated rings. The molecule has 13 heteroatoms. The van der Waals surface area contributed by atoms with Gasteiger partial charge in [-0.05, 0) is 49.6 Å². The van der Waals surface area contributed by atoms with Gasteiger partial charge in [-0.1, -0.05) is 18.6 Å². The predicted molar refractivity (Wildman–Crippen MR) is 139 cm³/mol. The maximum Gasteiger partial charge on any atom is 0.325 e. The third kappa shape index (κ3) is 6.61. The first-order valence-corrected chi connectivity index (χ1v) is 14.2. The maximum absolute atomic E-state index is 13.1. The Morgan fingerprint density at radius 1 is 1.10 bits per heavy atom. The molecule has 1 atom stereocenters. The Labute approximate surface area is 226 Å². The van der Waals surface area contributed by atoms with Crippen molar-refractivity contribution in [2.45, 2.75) is 42.5 Å². The molecule has 2 aromatic carbocycles. The molecule has 0 radical (unpaired) electrons. The standard InChI is InChI=1S/C26H31N3O9S/c1-2-37-24(30)23(18-28-14-16-36-17-15-28)27-39(34,35)22-10-8-21(9-11-22)38-25(31)26(12-3-13-26)19-4-6-20(7-5-19)29(32)33/h4-11,23,27H,2-3,12-18H2,1H3/t23-/m0/s1. The molecule has 1 saturated heterocycles. The van der Waals surface area contributed by atoms with Crippen LogP contribution < -0.4 is 9.46 Å². The number of nitro groups is 1. The Morgan fingerprint density at radius 3 is 2.28 bits per heavy atom. The van der Waals surface area contributed by atoms with Crippen LogP contribution in [-0.2, 0) is 34.5 Å². The van der Waals surface area contributed by atoms with E-state index in [-0.39, 0.29) is 29.5 Å². The van der Waals surface area contributed by atoms with Crippen LogP contribution in [0.2, 0.25) is 0 Å². The van der Waals surface area contributed by atoms with Crippen molar-refractivity contribution in [3.8, 4) is 5.75 Å². The van der Waals surface area contributed by atoms with E-state index in [0.717, 1.165) is 6.42 Å². The quantitative estimate of drug-likeness (QED) is 0.187. The van der Waals surface area contributed by atoms with Gasteiger partial charge in [0.2, 0.25) is 10.0 Å². The number of nitro benzene ring substituents is 1. The summed E-state index contributed by atoms with van der Waals surface area (Å²) in [6.45, 7) is 4.02. The van der Waals surface area contributed by atoms with E-state index < -0.39 is 38.3 Å². The van der Waals surface area contributed by atoms with Gasteiger partial charge in [0.25, 0.3) is 5.69 Å². The average Bonchev–Trinajstić information content (AvgIpc) is 2.89. The van der Waals surface area contributed by atoms with E-state index in [4.69, 9.17) is 14.2 Å². The third-order valence-electron chi connectivity index (χ3n) is 6.99. The van der Waals surface area contributed by atoms with Gasteiger partial charge < -0.3 is 14.2 Å². The molecule has 0 bridgehead atoms. The normalized spacial score (nSPS) is 18.0. The minimum absolute atomic E-state index is 0.0675. The first-order valence-electron chi connectivity index (χ1n) is 12.7. The van der Waals surface area contributed by atoms with E-state index in [1.807, 2.05) is 4.90 Å². The first kappa shape index (κ1) is 28.6. The van der Waals surface area contributed by atoms with Crippen molar-refractivity contribution in [1.82, 2.24) is 9.62 Å². The van der Waals surface area contributed by atoms with Gasteiger partial charge in [0.1, 0.15) is 11.8 Å². The minimum atomic E-state index is -4.10. The van der Waals surface area contributed by atoms with Gasteiger partial charge in [0.15, 0.2) is 0 Å². The van der Waals surface area contributed by atoms with Crippen molar-refractivity contribution < 1.29 is 37.1 Å². The number of nitrogens with one attached hydrogen (secondary N) is 1. The van der Waals surface area contributed by atoms with Crippen molar-refractivity contribution in [3.05, 3.63) is 64.2 Å². The van der Waals surface area contributed by atoms with Crippen molar-refractivity contribution in [2.75, 3.05) is 39.5 Å². The summed E-state index contributed by atoms with van der Waals surface area (Å²) >= 11 is 0. The van der Waals surface area contributed by atoms with Crippen LogP contribution in [0.5, 0.6) is 5.75 Å². The fraction of sp³-hybridized carbons (Fsp3) is 0.462. The third-order valence-corrected chi connectivity index (χ3v) is 8.47. The van der Waals surface area contributed by atoms with Gasteiger partial charge in [0, 0.05) is 31.8 Å². The van der Waals surface area contributed by atoms with E-state index in [2.05, 4.69) is 4.72 Å². The molecule has 39 heavy (non-hydrogen) atoms. The van der Waals surface area contributed by atoms with Crippen LogP contribution in [0.1, 0.15) is 31.7 Å². The van der Waals surface area contributed by atoms with Gasteiger partial charge >= 0.3 is 11.9 Å². The molecular weight excluding hydrogens is 530 g/mol. The van der Waals surface area contributed by atoms with E-state index in [9.17, 15) is 28.1 Å². The summed E-state index contributed by atoms with van der Waals surface area (Å²) < 4.78 is 44.6. The number of non-ortho nitro benzene ring substituents is 1. The molecule has 1 aliphatic carbocycles. The Morgan fingerprint density at radius 2 is 1.74 bits per heavy atom. The summed E-state index contributed by atoms with van der Waals surface area (Å²) in [5.41, 5.74) is -0.339. The van der Waals surface area contributed by atoms with Gasteiger partial charge in [-0.25, -0.2) is 8.42 Å². The molecule has 1 heterocycles. The highest BCUT2D eigenvalue weighted by atomic mass is 32.2. The smallest absolute Gasteiger partial charge is 0.325 e. The van der Waals surface area contributed by atoms with Crippen molar-refractivity contribution in [3.63, 3.8) is 0 Å². The molecule has 12 nitrogen and oxygen atoms in total. The zero-order valence-electron chi connectivity index (χ0n) is 21.5. The number of rotatable bonds is 11. The zero-order valence-corrected chi connectivity index (χ0v) is 22.4. The second kappa shape index (κ2) is 12.2. The highest BCUT2D eigenvalue weighted by molar-refractivity contribution is 7.89. The fourth-order valence-corrected chi connectivity index (χ4v) is 5.81. The topological polar surface area (TPSA) is 154 Å². The second-order valence-electron chi connectivity index (χ2n) is 9.44. The molecule has 0 aromatic heterocycles. The van der Waals surface area contributed by atoms with Gasteiger partial charge in [-0.3, -0.25) is 24.6 Å². The summed E-state index contributed by atoms with van der Waals surface area (Å²) in [6.07, 6.45) is 1.89. The Bertz CT molecular complexity index is 1290. The lowest BCUT2D eigenvalue weighted by molar-refractivity contribution is -0.384. The molecule has 4 rings (SSSR count). The molecule has 0 spiro atoms. The van der Waals surface area contributed by atoms with E-state index >= 15 is 0 Å². The summed E-state index contributed by atoms with van der Waals surface area (Å²) in [5.74, 6) is -1.03. The summed E-state index contributed by atoms with van der Waals surface area (Å²) in [7, 11) is -4.10. The average molecular weight is 562 g/mol. The molecule has 1 N–H and O–H groups in total. The van der Waals surface area contributed by atoms with Crippen LogP contribution in [0.15, 0.2) is 53.4 Å². The minimum Gasteiger partial charge on any atom is -0.465 e. The van der Waals surface area contributed by atoms with Crippen LogP contribution in [0, 0.1) is 10.1 Å². The first-order chi connectivity index (χ1) is 18.6. The van der Waals surface area contributed by atoms with Crippen LogP contribution >= 0.6 is 0 Å². The van der Waals surface area contributed by atoms with Gasteiger partial charge in [-0.2, -0.15) is 4.72 Å². The lowest BCUT2D eigenvalue weighted by Crippen LogP contribution is -2.51. The van der Waals surface area contributed by atoms with Gasteiger partial charge in [0.05, 0.1) is 35.1 Å². The summed E-state index contributed by atoms with van der Waals surface area (Å²) in [6, 6.07) is 10.1. The Hall–Kier alpha value is -3.39. The number of ether oxygens (including phenoxy) is 3.